The van der Waals surface area contributed by atoms with E-state index < -0.39 is 16.2 Å². The van der Waals surface area contributed by atoms with Crippen molar-refractivity contribution >= 4 is 35.6 Å². The van der Waals surface area contributed by atoms with E-state index in [1.165, 1.54) is 12.8 Å². The van der Waals surface area contributed by atoms with Gasteiger partial charge in [0.2, 0.25) is 0 Å². The predicted octanol–water partition coefficient (Wildman–Crippen LogP) is 13.9. The van der Waals surface area contributed by atoms with Crippen LogP contribution in [0.4, 0.5) is 0 Å². The van der Waals surface area contributed by atoms with E-state index in [9.17, 15) is 28.8 Å². The fraction of sp³-hybridized carbons (Fsp3) is 0.887. The maximum absolute atomic E-state index is 11.9. The van der Waals surface area contributed by atoms with Crippen molar-refractivity contribution in [1.29, 1.82) is 0 Å². The Balaban J connectivity index is -0.000000192. The molecular weight excluding hydrogens is 829 g/mol. The number of hydrogen-bond donors (Lipinski definition) is 0. The summed E-state index contributed by atoms with van der Waals surface area (Å²) in [4.78, 5) is 70.6. The minimum absolute atomic E-state index is 0. The lowest BCUT2D eigenvalue weighted by Gasteiger charge is -2.27. The molecular formula is C53H106O12. The number of carbonyl (C=O) groups is 6. The van der Waals surface area contributed by atoms with Gasteiger partial charge in [-0.1, -0.05) is 92.0 Å². The van der Waals surface area contributed by atoms with Crippen molar-refractivity contribution in [2.24, 2.45) is 16.2 Å². The quantitative estimate of drug-likeness (QED) is 0.0793. The van der Waals surface area contributed by atoms with Gasteiger partial charge in [0.15, 0.2) is 12.4 Å². The van der Waals surface area contributed by atoms with E-state index in [1.807, 2.05) is 69.2 Å². The van der Waals surface area contributed by atoms with Gasteiger partial charge in [0.25, 0.3) is 0 Å². The smallest absolute Gasteiger partial charge is 0.311 e. The Hall–Kier alpha value is -3.02. The zero-order chi connectivity index (χ0) is 45.0. The number of rotatable bonds is 21. The fourth-order valence-electron chi connectivity index (χ4n) is 6.90. The first kappa shape index (κ1) is 73.5. The molecule has 0 heterocycles. The van der Waals surface area contributed by atoms with Crippen molar-refractivity contribution in [3.05, 3.63) is 0 Å². The van der Waals surface area contributed by atoms with Crippen molar-refractivity contribution < 1.29 is 57.2 Å². The van der Waals surface area contributed by atoms with E-state index in [2.05, 4.69) is 13.8 Å². The molecule has 0 N–H and O–H groups in total. The third-order valence-corrected chi connectivity index (χ3v) is 13.0. The minimum Gasteiger partial charge on any atom is -0.465 e. The molecule has 3 aliphatic carbocycles. The van der Waals surface area contributed by atoms with Crippen molar-refractivity contribution in [2.75, 3.05) is 26.4 Å². The molecule has 65 heavy (non-hydrogen) atoms. The molecule has 3 fully saturated rings. The van der Waals surface area contributed by atoms with Crippen molar-refractivity contribution in [3.63, 3.8) is 0 Å². The number of hydrogen-bond acceptors (Lipinski definition) is 12. The van der Waals surface area contributed by atoms with Crippen LogP contribution in [-0.2, 0) is 57.2 Å². The summed E-state index contributed by atoms with van der Waals surface area (Å²) in [6, 6.07) is 0. The van der Waals surface area contributed by atoms with Crippen LogP contribution in [0.5, 0.6) is 0 Å². The average molecular weight is 935 g/mol. The maximum Gasteiger partial charge on any atom is 0.311 e. The van der Waals surface area contributed by atoms with Crippen LogP contribution in [0.3, 0.4) is 0 Å². The molecule has 0 aliphatic heterocycles. The molecule has 12 nitrogen and oxygen atoms in total. The Morgan fingerprint density at radius 3 is 1.12 bits per heavy atom. The third kappa shape index (κ3) is 26.2. The average Bonchev–Trinajstić information content (AvgIpc) is 3.98. The minimum atomic E-state index is -0.531. The molecule has 3 aliphatic rings. The third-order valence-electron chi connectivity index (χ3n) is 13.0. The van der Waals surface area contributed by atoms with Gasteiger partial charge in [-0.05, 0) is 145 Å². The highest BCUT2D eigenvalue weighted by atomic mass is 16.6. The van der Waals surface area contributed by atoms with Crippen LogP contribution < -0.4 is 0 Å². The highest BCUT2D eigenvalue weighted by molar-refractivity contribution is 5.84. The summed E-state index contributed by atoms with van der Waals surface area (Å²) in [6.45, 7) is 23.0. The standard InChI is InChI=1S/2C16H28O4.C15H26O4.6CH4/c1-5-15(3,4)14(18)19-12-9-13(17)20-16(6-2)10-7-8-11-16;1-5-15(3,4)14(18)19-11-13(17)12-20-16(6-2)9-7-8-10-16;1-5-14(2,3)13(17)18-11-8-12(16)19-15(4)9-6-7-10-15;;;;;;/h2*5-12H2,1-4H3;5-11H2,1-4H3;6*1H4. The van der Waals surface area contributed by atoms with E-state index in [-0.39, 0.29) is 136 Å². The van der Waals surface area contributed by atoms with Crippen LogP contribution in [0.25, 0.3) is 0 Å². The van der Waals surface area contributed by atoms with Crippen molar-refractivity contribution in [1.82, 2.24) is 0 Å². The Morgan fingerprint density at radius 1 is 0.446 bits per heavy atom. The zero-order valence-corrected chi connectivity index (χ0v) is 39.2. The summed E-state index contributed by atoms with van der Waals surface area (Å²) in [5.74, 6) is -1.51. The lowest BCUT2D eigenvalue weighted by molar-refractivity contribution is -0.165. The Labute approximate surface area is 400 Å². The first-order valence-corrected chi connectivity index (χ1v) is 22.6. The number of Topliss-reactive ketones (excluding diaryl/α,β-unsaturated/α-hetero) is 1. The van der Waals surface area contributed by atoms with Gasteiger partial charge >= 0.3 is 29.8 Å². The van der Waals surface area contributed by atoms with Crippen LogP contribution in [0.2, 0.25) is 0 Å². The van der Waals surface area contributed by atoms with Crippen molar-refractivity contribution in [3.8, 4) is 0 Å². The second-order valence-electron chi connectivity index (χ2n) is 19.0. The van der Waals surface area contributed by atoms with Gasteiger partial charge in [0.05, 0.1) is 34.7 Å². The molecule has 3 rings (SSSR count). The molecule has 0 aromatic rings. The zero-order valence-electron chi connectivity index (χ0n) is 39.2. The number of esters is 5. The number of carbonyl (C=O) groups excluding carboxylic acids is 6. The van der Waals surface area contributed by atoms with Crippen LogP contribution in [-0.4, -0.2) is 78.9 Å². The van der Waals surface area contributed by atoms with Crippen LogP contribution >= 0.6 is 0 Å². The lowest BCUT2D eigenvalue weighted by atomic mass is 9.91. The second-order valence-corrected chi connectivity index (χ2v) is 19.0. The Morgan fingerprint density at radius 2 is 0.769 bits per heavy atom. The van der Waals surface area contributed by atoms with Crippen LogP contribution in [0.1, 0.15) is 250 Å². The van der Waals surface area contributed by atoms with Gasteiger partial charge in [-0.3, -0.25) is 28.8 Å². The van der Waals surface area contributed by atoms with Gasteiger partial charge in [-0.2, -0.15) is 0 Å². The summed E-state index contributed by atoms with van der Waals surface area (Å²) in [7, 11) is 0. The summed E-state index contributed by atoms with van der Waals surface area (Å²) in [6.07, 6.45) is 16.9. The molecule has 0 spiro atoms. The molecule has 0 aromatic heterocycles. The normalized spacial score (nSPS) is 16.3. The molecule has 0 aromatic carbocycles. The monoisotopic (exact) mass is 935 g/mol. The fourth-order valence-corrected chi connectivity index (χ4v) is 6.90. The summed E-state index contributed by atoms with van der Waals surface area (Å²) in [5.41, 5.74) is -2.19. The van der Waals surface area contributed by atoms with E-state index >= 15 is 0 Å². The molecule has 390 valence electrons. The highest BCUT2D eigenvalue weighted by Gasteiger charge is 2.37. The summed E-state index contributed by atoms with van der Waals surface area (Å²) >= 11 is 0. The van der Waals surface area contributed by atoms with Gasteiger partial charge in [-0.25, -0.2) is 0 Å². The highest BCUT2D eigenvalue weighted by Crippen LogP contribution is 2.37. The molecule has 0 unspecified atom stereocenters. The predicted molar refractivity (Wildman–Crippen MR) is 268 cm³/mol. The first-order chi connectivity index (χ1) is 27.5. The molecule has 0 saturated heterocycles. The molecule has 0 radical (unpaired) electrons. The van der Waals surface area contributed by atoms with E-state index in [0.717, 1.165) is 83.5 Å². The molecule has 0 bridgehead atoms. The molecule has 0 atom stereocenters. The lowest BCUT2D eigenvalue weighted by Crippen LogP contribution is -2.33. The summed E-state index contributed by atoms with van der Waals surface area (Å²) in [5, 5.41) is 0. The first-order valence-electron chi connectivity index (χ1n) is 22.6. The maximum atomic E-state index is 11.9. The molecule has 12 heteroatoms. The Bertz CT molecular complexity index is 1330. The largest absolute Gasteiger partial charge is 0.465 e. The number of ether oxygens (including phenoxy) is 6. The summed E-state index contributed by atoms with van der Waals surface area (Å²) < 4.78 is 32.2. The van der Waals surface area contributed by atoms with Crippen LogP contribution in [0, 0.1) is 16.2 Å². The van der Waals surface area contributed by atoms with Gasteiger partial charge < -0.3 is 28.4 Å². The van der Waals surface area contributed by atoms with Gasteiger partial charge in [0, 0.05) is 0 Å². The molecule has 0 amide bonds. The van der Waals surface area contributed by atoms with E-state index in [1.54, 1.807) is 0 Å². The van der Waals surface area contributed by atoms with Crippen LogP contribution in [0.15, 0.2) is 0 Å². The number of ketones is 1. The second kappa shape index (κ2) is 34.3. The van der Waals surface area contributed by atoms with Gasteiger partial charge in [0.1, 0.15) is 31.0 Å². The SMILES string of the molecule is C.C.C.C.C.C.CCC(C)(C)C(=O)OCCC(=O)OC1(C)CCCC1.CCC1(OC(=O)CCOC(=O)C(C)(C)CC)CCCC1.CCC1(OCC(=O)COC(=O)C(C)(C)CC)CCCC1. The van der Waals surface area contributed by atoms with E-state index in [4.69, 9.17) is 28.4 Å². The van der Waals surface area contributed by atoms with E-state index in [0.29, 0.717) is 12.8 Å². The van der Waals surface area contributed by atoms with Crippen molar-refractivity contribution in [2.45, 2.75) is 266 Å². The van der Waals surface area contributed by atoms with Gasteiger partial charge in [-0.15, -0.1) is 0 Å². The Kier molecular flexibility index (Phi) is 38.8. The molecule has 3 saturated carbocycles. The topological polar surface area (TPSA) is 158 Å².